The molecule has 2 aromatic rings. The second-order valence-corrected chi connectivity index (χ2v) is 4.38. The lowest BCUT2D eigenvalue weighted by molar-refractivity contribution is 0.102. The van der Waals surface area contributed by atoms with Crippen LogP contribution in [0.5, 0.6) is 0 Å². The molecule has 0 atom stereocenters. The van der Waals surface area contributed by atoms with Gasteiger partial charge < -0.3 is 10.6 Å². The average Bonchev–Trinajstić information content (AvgIpc) is 2.43. The SMILES string of the molecule is CCNc1ccc(C(=O)Nc2ccc(F)cc2C)cn1. The molecule has 5 heteroatoms. The molecule has 1 heterocycles. The number of rotatable bonds is 4. The second-order valence-electron chi connectivity index (χ2n) is 4.38. The minimum atomic E-state index is -0.322. The van der Waals surface area contributed by atoms with E-state index in [1.54, 1.807) is 25.1 Å². The summed E-state index contributed by atoms with van der Waals surface area (Å²) in [6.45, 7) is 4.48. The van der Waals surface area contributed by atoms with Gasteiger partial charge in [0.15, 0.2) is 0 Å². The number of hydrogen-bond acceptors (Lipinski definition) is 3. The molecular weight excluding hydrogens is 257 g/mol. The van der Waals surface area contributed by atoms with Crippen molar-refractivity contribution in [3.8, 4) is 0 Å². The summed E-state index contributed by atoms with van der Waals surface area (Å²) in [5, 5.41) is 5.79. The summed E-state index contributed by atoms with van der Waals surface area (Å²) in [7, 11) is 0. The average molecular weight is 273 g/mol. The van der Waals surface area contributed by atoms with Crippen LogP contribution in [-0.2, 0) is 0 Å². The number of benzene rings is 1. The third-order valence-corrected chi connectivity index (χ3v) is 2.82. The maximum Gasteiger partial charge on any atom is 0.257 e. The van der Waals surface area contributed by atoms with Crippen LogP contribution in [0.3, 0.4) is 0 Å². The number of carbonyl (C=O) groups excluding carboxylic acids is 1. The quantitative estimate of drug-likeness (QED) is 0.899. The van der Waals surface area contributed by atoms with E-state index in [0.29, 0.717) is 16.8 Å². The molecule has 0 saturated carbocycles. The Bertz CT molecular complexity index is 611. The van der Waals surface area contributed by atoms with E-state index < -0.39 is 0 Å². The minimum absolute atomic E-state index is 0.268. The van der Waals surface area contributed by atoms with Crippen LogP contribution in [0.4, 0.5) is 15.9 Å². The molecule has 2 rings (SSSR count). The molecule has 0 unspecified atom stereocenters. The summed E-state index contributed by atoms with van der Waals surface area (Å²) < 4.78 is 13.0. The predicted molar refractivity (Wildman–Crippen MR) is 77.5 cm³/mol. The van der Waals surface area contributed by atoms with Crippen LogP contribution >= 0.6 is 0 Å². The second kappa shape index (κ2) is 6.14. The summed E-state index contributed by atoms with van der Waals surface area (Å²) in [5.74, 6) is 0.134. The number of amides is 1. The zero-order valence-corrected chi connectivity index (χ0v) is 11.4. The zero-order chi connectivity index (χ0) is 14.5. The van der Waals surface area contributed by atoms with E-state index >= 15 is 0 Å². The van der Waals surface area contributed by atoms with Crippen molar-refractivity contribution in [3.05, 3.63) is 53.5 Å². The lowest BCUT2D eigenvalue weighted by Gasteiger charge is -2.09. The molecule has 0 aliphatic heterocycles. The van der Waals surface area contributed by atoms with Gasteiger partial charge in [0.2, 0.25) is 0 Å². The molecule has 0 bridgehead atoms. The van der Waals surface area contributed by atoms with Crippen molar-refractivity contribution in [3.63, 3.8) is 0 Å². The van der Waals surface area contributed by atoms with Gasteiger partial charge >= 0.3 is 0 Å². The van der Waals surface area contributed by atoms with Crippen LogP contribution in [0.15, 0.2) is 36.5 Å². The van der Waals surface area contributed by atoms with Gasteiger partial charge in [0.25, 0.3) is 5.91 Å². The maximum atomic E-state index is 13.0. The van der Waals surface area contributed by atoms with Gasteiger partial charge in [-0.15, -0.1) is 0 Å². The summed E-state index contributed by atoms with van der Waals surface area (Å²) in [6.07, 6.45) is 1.51. The number of aryl methyl sites for hydroxylation is 1. The first-order valence-corrected chi connectivity index (χ1v) is 6.37. The minimum Gasteiger partial charge on any atom is -0.370 e. The number of hydrogen-bond donors (Lipinski definition) is 2. The summed E-state index contributed by atoms with van der Waals surface area (Å²) in [6, 6.07) is 7.68. The van der Waals surface area contributed by atoms with E-state index in [9.17, 15) is 9.18 Å². The molecule has 0 aliphatic carbocycles. The lowest BCUT2D eigenvalue weighted by Crippen LogP contribution is -2.13. The van der Waals surface area contributed by atoms with Crippen LogP contribution in [0.2, 0.25) is 0 Å². The molecule has 0 spiro atoms. The van der Waals surface area contributed by atoms with Crippen LogP contribution in [0.25, 0.3) is 0 Å². The number of aromatic nitrogens is 1. The Kier molecular flexibility index (Phi) is 4.30. The molecule has 0 saturated heterocycles. The fourth-order valence-corrected chi connectivity index (χ4v) is 1.78. The number of nitrogens with one attached hydrogen (secondary N) is 2. The standard InChI is InChI=1S/C15H16FN3O/c1-3-17-14-7-4-11(9-18-14)15(20)19-13-6-5-12(16)8-10(13)2/h4-9H,3H2,1-2H3,(H,17,18)(H,19,20). The van der Waals surface area contributed by atoms with Crippen molar-refractivity contribution in [2.24, 2.45) is 0 Å². The van der Waals surface area contributed by atoms with Gasteiger partial charge in [-0.05, 0) is 49.7 Å². The van der Waals surface area contributed by atoms with Gasteiger partial charge in [-0.1, -0.05) is 0 Å². The van der Waals surface area contributed by atoms with Gasteiger partial charge in [0.1, 0.15) is 11.6 Å². The molecule has 1 amide bonds. The van der Waals surface area contributed by atoms with Gasteiger partial charge in [-0.3, -0.25) is 4.79 Å². The van der Waals surface area contributed by atoms with Crippen LogP contribution in [-0.4, -0.2) is 17.4 Å². The fourth-order valence-electron chi connectivity index (χ4n) is 1.78. The summed E-state index contributed by atoms with van der Waals surface area (Å²) >= 11 is 0. The molecule has 1 aromatic heterocycles. The van der Waals surface area contributed by atoms with Crippen LogP contribution < -0.4 is 10.6 Å². The number of pyridine rings is 1. The van der Waals surface area contributed by atoms with Gasteiger partial charge in [0.05, 0.1) is 5.56 Å². The Balaban J connectivity index is 2.11. The first-order chi connectivity index (χ1) is 9.60. The highest BCUT2D eigenvalue weighted by atomic mass is 19.1. The van der Waals surface area contributed by atoms with Crippen molar-refractivity contribution < 1.29 is 9.18 Å². The highest BCUT2D eigenvalue weighted by Gasteiger charge is 2.08. The van der Waals surface area contributed by atoms with Crippen molar-refractivity contribution in [1.29, 1.82) is 0 Å². The molecule has 104 valence electrons. The summed E-state index contributed by atoms with van der Waals surface area (Å²) in [5.41, 5.74) is 1.72. The largest absolute Gasteiger partial charge is 0.370 e. The molecule has 0 radical (unpaired) electrons. The molecule has 1 aromatic carbocycles. The Morgan fingerprint density at radius 3 is 2.70 bits per heavy atom. The normalized spacial score (nSPS) is 10.2. The van der Waals surface area contributed by atoms with E-state index in [0.717, 1.165) is 12.4 Å². The molecule has 2 N–H and O–H groups in total. The molecule has 4 nitrogen and oxygen atoms in total. The highest BCUT2D eigenvalue weighted by Crippen LogP contribution is 2.17. The van der Waals surface area contributed by atoms with E-state index in [1.165, 1.54) is 18.3 Å². The van der Waals surface area contributed by atoms with Crippen molar-refractivity contribution in [2.45, 2.75) is 13.8 Å². The van der Waals surface area contributed by atoms with E-state index in [1.807, 2.05) is 6.92 Å². The smallest absolute Gasteiger partial charge is 0.257 e. The predicted octanol–water partition coefficient (Wildman–Crippen LogP) is 3.21. The van der Waals surface area contributed by atoms with E-state index in [-0.39, 0.29) is 11.7 Å². The van der Waals surface area contributed by atoms with Gasteiger partial charge in [-0.25, -0.2) is 9.37 Å². The zero-order valence-electron chi connectivity index (χ0n) is 11.4. The highest BCUT2D eigenvalue weighted by molar-refractivity contribution is 6.04. The number of carbonyl (C=O) groups is 1. The molecule has 0 fully saturated rings. The molecular formula is C15H16FN3O. The number of anilines is 2. The Hall–Kier alpha value is -2.43. The first kappa shape index (κ1) is 14.0. The van der Waals surface area contributed by atoms with Crippen LogP contribution in [0, 0.1) is 12.7 Å². The number of halogens is 1. The maximum absolute atomic E-state index is 13.0. The summed E-state index contributed by atoms with van der Waals surface area (Å²) in [4.78, 5) is 16.2. The van der Waals surface area contributed by atoms with Crippen molar-refractivity contribution in [2.75, 3.05) is 17.2 Å². The van der Waals surface area contributed by atoms with Gasteiger partial charge in [0, 0.05) is 18.4 Å². The monoisotopic (exact) mass is 273 g/mol. The third kappa shape index (κ3) is 3.32. The van der Waals surface area contributed by atoms with E-state index in [4.69, 9.17) is 0 Å². The van der Waals surface area contributed by atoms with Crippen LogP contribution in [0.1, 0.15) is 22.8 Å². The lowest BCUT2D eigenvalue weighted by atomic mass is 10.2. The van der Waals surface area contributed by atoms with E-state index in [2.05, 4.69) is 15.6 Å². The third-order valence-electron chi connectivity index (χ3n) is 2.82. The number of nitrogens with zero attached hydrogens (tertiary/aromatic N) is 1. The topological polar surface area (TPSA) is 54.0 Å². The Morgan fingerprint density at radius 2 is 2.10 bits per heavy atom. The Morgan fingerprint density at radius 1 is 1.30 bits per heavy atom. The van der Waals surface area contributed by atoms with Gasteiger partial charge in [-0.2, -0.15) is 0 Å². The molecule has 20 heavy (non-hydrogen) atoms. The van der Waals surface area contributed by atoms with Crippen molar-refractivity contribution in [1.82, 2.24) is 4.98 Å². The Labute approximate surface area is 117 Å². The molecule has 0 aliphatic rings. The fraction of sp³-hybridized carbons (Fsp3) is 0.200. The first-order valence-electron chi connectivity index (χ1n) is 6.37. The van der Waals surface area contributed by atoms with Crippen molar-refractivity contribution >= 4 is 17.4 Å².